The van der Waals surface area contributed by atoms with Crippen LogP contribution in [-0.4, -0.2) is 50.1 Å². The summed E-state index contributed by atoms with van der Waals surface area (Å²) in [5.41, 5.74) is 1.06. The molecule has 1 aromatic carbocycles. The number of nitrogens with one attached hydrogen (secondary N) is 2. The topological polar surface area (TPSA) is 44.4 Å². The van der Waals surface area contributed by atoms with Crippen LogP contribution < -0.4 is 10.6 Å². The molecule has 1 saturated heterocycles. The van der Waals surface area contributed by atoms with Gasteiger partial charge in [0, 0.05) is 38.1 Å². The van der Waals surface area contributed by atoms with Gasteiger partial charge in [-0.2, -0.15) is 0 Å². The fourth-order valence-corrected chi connectivity index (χ4v) is 3.17. The summed E-state index contributed by atoms with van der Waals surface area (Å²) in [6.07, 6.45) is 4.04. The van der Waals surface area contributed by atoms with E-state index >= 15 is 0 Å². The van der Waals surface area contributed by atoms with Crippen molar-refractivity contribution in [1.82, 2.24) is 15.5 Å². The first-order valence-electron chi connectivity index (χ1n) is 9.33. The van der Waals surface area contributed by atoms with Gasteiger partial charge in [0.15, 0.2) is 0 Å². The van der Waals surface area contributed by atoms with Crippen molar-refractivity contribution < 1.29 is 4.79 Å². The van der Waals surface area contributed by atoms with Gasteiger partial charge in [-0.25, -0.2) is 0 Å². The predicted octanol–water partition coefficient (Wildman–Crippen LogP) is 2.45. The number of rotatable bonds is 9. The minimum absolute atomic E-state index is 0.191. The molecule has 24 heavy (non-hydrogen) atoms. The molecular weight excluding hydrogens is 298 g/mol. The first-order valence-corrected chi connectivity index (χ1v) is 9.33. The maximum Gasteiger partial charge on any atom is 0.225 e. The van der Waals surface area contributed by atoms with Crippen molar-refractivity contribution >= 4 is 5.91 Å². The number of carbonyl (C=O) groups excluding carboxylic acids is 1. The average molecular weight is 332 g/mol. The van der Waals surface area contributed by atoms with Gasteiger partial charge in [-0.1, -0.05) is 44.2 Å². The Morgan fingerprint density at radius 1 is 1.17 bits per heavy atom. The Bertz CT molecular complexity index is 481. The molecule has 1 aliphatic heterocycles. The second-order valence-corrected chi connectivity index (χ2v) is 7.42. The molecule has 0 atom stereocenters. The first kappa shape index (κ1) is 18.9. The fraction of sp³-hybridized carbons (Fsp3) is 0.650. The van der Waals surface area contributed by atoms with Crippen LogP contribution in [0.5, 0.6) is 0 Å². The lowest BCUT2D eigenvalue weighted by atomic mass is 9.85. The standard InChI is InChI=1S/C20H33N3O/c1-20(2,11-6-10-18-8-4-3-5-9-18)19(24)22-12-7-15-23-16-13-21-14-17-23/h3-5,8-9,21H,6-7,10-17H2,1-2H3,(H,22,24). The minimum Gasteiger partial charge on any atom is -0.356 e. The average Bonchev–Trinajstić information content (AvgIpc) is 2.60. The second-order valence-electron chi connectivity index (χ2n) is 7.42. The lowest BCUT2D eigenvalue weighted by Gasteiger charge is -2.27. The van der Waals surface area contributed by atoms with Crippen molar-refractivity contribution in [3.05, 3.63) is 35.9 Å². The molecule has 1 aliphatic rings. The van der Waals surface area contributed by atoms with E-state index in [2.05, 4.69) is 53.6 Å². The van der Waals surface area contributed by atoms with Crippen LogP contribution in [0.25, 0.3) is 0 Å². The van der Waals surface area contributed by atoms with Crippen molar-refractivity contribution in [3.8, 4) is 0 Å². The number of carbonyl (C=O) groups is 1. The number of hydrogen-bond acceptors (Lipinski definition) is 3. The Labute approximate surface area is 147 Å². The van der Waals surface area contributed by atoms with E-state index in [0.717, 1.165) is 65.0 Å². The number of piperazine rings is 1. The van der Waals surface area contributed by atoms with E-state index in [1.54, 1.807) is 0 Å². The summed E-state index contributed by atoms with van der Waals surface area (Å²) in [6, 6.07) is 10.5. The molecule has 134 valence electrons. The van der Waals surface area contributed by atoms with E-state index in [1.807, 2.05) is 6.07 Å². The van der Waals surface area contributed by atoms with Crippen LogP contribution in [0, 0.1) is 5.41 Å². The summed E-state index contributed by atoms with van der Waals surface area (Å²) < 4.78 is 0. The predicted molar refractivity (Wildman–Crippen MR) is 100 cm³/mol. The highest BCUT2D eigenvalue weighted by molar-refractivity contribution is 5.81. The summed E-state index contributed by atoms with van der Waals surface area (Å²) in [7, 11) is 0. The molecule has 2 N–H and O–H groups in total. The fourth-order valence-electron chi connectivity index (χ4n) is 3.17. The number of benzene rings is 1. The van der Waals surface area contributed by atoms with Gasteiger partial charge in [-0.15, -0.1) is 0 Å². The third-order valence-electron chi connectivity index (χ3n) is 4.87. The van der Waals surface area contributed by atoms with Crippen molar-refractivity contribution in [2.24, 2.45) is 5.41 Å². The van der Waals surface area contributed by atoms with E-state index in [4.69, 9.17) is 0 Å². The van der Waals surface area contributed by atoms with Gasteiger partial charge in [0.25, 0.3) is 0 Å². The Morgan fingerprint density at radius 2 is 1.88 bits per heavy atom. The maximum atomic E-state index is 12.4. The highest BCUT2D eigenvalue weighted by Crippen LogP contribution is 2.23. The van der Waals surface area contributed by atoms with Gasteiger partial charge in [0.05, 0.1) is 0 Å². The Balaban J connectivity index is 1.60. The minimum atomic E-state index is -0.288. The molecule has 1 amide bonds. The van der Waals surface area contributed by atoms with Gasteiger partial charge >= 0.3 is 0 Å². The molecule has 0 radical (unpaired) electrons. The van der Waals surface area contributed by atoms with Crippen LogP contribution in [0.3, 0.4) is 0 Å². The summed E-state index contributed by atoms with van der Waals surface area (Å²) >= 11 is 0. The monoisotopic (exact) mass is 331 g/mol. The SMILES string of the molecule is CC(C)(CCCc1ccccc1)C(=O)NCCCN1CCNCC1. The summed E-state index contributed by atoms with van der Waals surface area (Å²) in [5, 5.41) is 6.49. The molecular formula is C20H33N3O. The van der Waals surface area contributed by atoms with Gasteiger partial charge in [-0.05, 0) is 37.8 Å². The van der Waals surface area contributed by atoms with Gasteiger partial charge < -0.3 is 15.5 Å². The Hall–Kier alpha value is -1.39. The third kappa shape index (κ3) is 6.62. The van der Waals surface area contributed by atoms with Crippen LogP contribution in [0.4, 0.5) is 0 Å². The van der Waals surface area contributed by atoms with E-state index in [-0.39, 0.29) is 11.3 Å². The van der Waals surface area contributed by atoms with Crippen LogP contribution in [0.1, 0.15) is 38.7 Å². The van der Waals surface area contributed by atoms with Gasteiger partial charge in [0.2, 0.25) is 5.91 Å². The molecule has 1 fully saturated rings. The molecule has 1 heterocycles. The van der Waals surface area contributed by atoms with E-state index in [1.165, 1.54) is 5.56 Å². The summed E-state index contributed by atoms with van der Waals surface area (Å²) in [5.74, 6) is 0.191. The molecule has 1 aromatic rings. The highest BCUT2D eigenvalue weighted by atomic mass is 16.2. The van der Waals surface area contributed by atoms with Crippen LogP contribution in [0.2, 0.25) is 0 Å². The van der Waals surface area contributed by atoms with Crippen molar-refractivity contribution in [2.45, 2.75) is 39.5 Å². The Morgan fingerprint density at radius 3 is 2.58 bits per heavy atom. The number of hydrogen-bond donors (Lipinski definition) is 2. The Kier molecular flexibility index (Phi) is 7.73. The molecule has 0 unspecified atom stereocenters. The van der Waals surface area contributed by atoms with E-state index in [9.17, 15) is 4.79 Å². The van der Waals surface area contributed by atoms with Crippen molar-refractivity contribution in [1.29, 1.82) is 0 Å². The molecule has 2 rings (SSSR count). The summed E-state index contributed by atoms with van der Waals surface area (Å²) in [6.45, 7) is 10.4. The highest BCUT2D eigenvalue weighted by Gasteiger charge is 2.26. The normalized spacial score (nSPS) is 16.1. The third-order valence-corrected chi connectivity index (χ3v) is 4.87. The molecule has 0 aliphatic carbocycles. The van der Waals surface area contributed by atoms with Gasteiger partial charge in [-0.3, -0.25) is 4.79 Å². The van der Waals surface area contributed by atoms with Gasteiger partial charge in [0.1, 0.15) is 0 Å². The molecule has 0 saturated carbocycles. The lowest BCUT2D eigenvalue weighted by Crippen LogP contribution is -2.44. The molecule has 0 spiro atoms. The largest absolute Gasteiger partial charge is 0.356 e. The van der Waals surface area contributed by atoms with Crippen LogP contribution in [-0.2, 0) is 11.2 Å². The molecule has 0 bridgehead atoms. The van der Waals surface area contributed by atoms with Crippen LogP contribution in [0.15, 0.2) is 30.3 Å². The second kappa shape index (κ2) is 9.80. The molecule has 4 heteroatoms. The van der Waals surface area contributed by atoms with E-state index in [0.29, 0.717) is 0 Å². The number of aryl methyl sites for hydroxylation is 1. The zero-order chi connectivity index (χ0) is 17.3. The smallest absolute Gasteiger partial charge is 0.225 e. The first-order chi connectivity index (χ1) is 11.6. The number of amides is 1. The number of nitrogens with zero attached hydrogens (tertiary/aromatic N) is 1. The van der Waals surface area contributed by atoms with Crippen molar-refractivity contribution in [2.75, 3.05) is 39.3 Å². The summed E-state index contributed by atoms with van der Waals surface area (Å²) in [4.78, 5) is 14.9. The van der Waals surface area contributed by atoms with Crippen molar-refractivity contribution in [3.63, 3.8) is 0 Å². The lowest BCUT2D eigenvalue weighted by molar-refractivity contribution is -0.129. The zero-order valence-corrected chi connectivity index (χ0v) is 15.3. The quantitative estimate of drug-likeness (QED) is 0.683. The maximum absolute atomic E-state index is 12.4. The zero-order valence-electron chi connectivity index (χ0n) is 15.3. The molecule has 4 nitrogen and oxygen atoms in total. The van der Waals surface area contributed by atoms with E-state index < -0.39 is 0 Å². The molecule has 0 aromatic heterocycles. The van der Waals surface area contributed by atoms with Crippen LogP contribution >= 0.6 is 0 Å².